The SMILES string of the molecule is Cc1ccc2c(c1)/C(=C\c1ccc(-c3cccc(C(=O)NCc4ccncc4)c3)o1)C(=O)N2. The predicted molar refractivity (Wildman–Crippen MR) is 127 cm³/mol. The lowest BCUT2D eigenvalue weighted by atomic mass is 10.0. The van der Waals surface area contributed by atoms with E-state index in [1.807, 2.05) is 61.5 Å². The van der Waals surface area contributed by atoms with E-state index < -0.39 is 0 Å². The van der Waals surface area contributed by atoms with E-state index >= 15 is 0 Å². The number of nitrogens with zero attached hydrogens (tertiary/aromatic N) is 1. The van der Waals surface area contributed by atoms with Crippen molar-refractivity contribution in [2.75, 3.05) is 5.32 Å². The average molecular weight is 435 g/mol. The van der Waals surface area contributed by atoms with Crippen LogP contribution in [0.3, 0.4) is 0 Å². The fraction of sp³-hybridized carbons (Fsp3) is 0.0741. The molecular weight excluding hydrogens is 414 g/mol. The minimum atomic E-state index is -0.169. The molecule has 0 spiro atoms. The van der Waals surface area contributed by atoms with Crippen LogP contribution in [0, 0.1) is 6.92 Å². The molecule has 0 atom stereocenters. The highest BCUT2D eigenvalue weighted by atomic mass is 16.3. The number of aromatic nitrogens is 1. The molecule has 2 aromatic heterocycles. The maximum atomic E-state index is 12.6. The topological polar surface area (TPSA) is 84.2 Å². The van der Waals surface area contributed by atoms with Crippen molar-refractivity contribution in [2.45, 2.75) is 13.5 Å². The van der Waals surface area contributed by atoms with Crippen LogP contribution in [-0.2, 0) is 11.3 Å². The molecule has 2 N–H and O–H groups in total. The largest absolute Gasteiger partial charge is 0.457 e. The van der Waals surface area contributed by atoms with Gasteiger partial charge in [0.2, 0.25) is 0 Å². The molecule has 2 amide bonds. The third-order valence-electron chi connectivity index (χ3n) is 5.48. The van der Waals surface area contributed by atoms with Gasteiger partial charge in [0.25, 0.3) is 11.8 Å². The lowest BCUT2D eigenvalue weighted by molar-refractivity contribution is -0.110. The van der Waals surface area contributed by atoms with E-state index in [9.17, 15) is 9.59 Å². The van der Waals surface area contributed by atoms with Gasteiger partial charge in [0.15, 0.2) is 0 Å². The zero-order valence-electron chi connectivity index (χ0n) is 18.0. The monoisotopic (exact) mass is 435 g/mol. The van der Waals surface area contributed by atoms with Gasteiger partial charge < -0.3 is 15.1 Å². The molecule has 6 heteroatoms. The number of rotatable bonds is 5. The van der Waals surface area contributed by atoms with Crippen LogP contribution in [0.1, 0.15) is 32.8 Å². The van der Waals surface area contributed by atoms with Crippen molar-refractivity contribution in [3.8, 4) is 11.3 Å². The van der Waals surface area contributed by atoms with Crippen molar-refractivity contribution in [2.24, 2.45) is 0 Å². The van der Waals surface area contributed by atoms with Crippen molar-refractivity contribution < 1.29 is 14.0 Å². The Hall–Kier alpha value is -4.45. The number of carbonyl (C=O) groups is 2. The Kier molecular flexibility index (Phi) is 5.32. The van der Waals surface area contributed by atoms with Crippen LogP contribution < -0.4 is 10.6 Å². The zero-order chi connectivity index (χ0) is 22.8. The van der Waals surface area contributed by atoms with Crippen LogP contribution in [0.25, 0.3) is 23.0 Å². The number of aryl methyl sites for hydroxylation is 1. The fourth-order valence-electron chi connectivity index (χ4n) is 3.77. The zero-order valence-corrected chi connectivity index (χ0v) is 18.0. The van der Waals surface area contributed by atoms with Crippen molar-refractivity contribution in [3.63, 3.8) is 0 Å². The summed E-state index contributed by atoms with van der Waals surface area (Å²) >= 11 is 0. The summed E-state index contributed by atoms with van der Waals surface area (Å²) in [5.41, 5.74) is 5.61. The molecule has 4 aromatic rings. The highest BCUT2D eigenvalue weighted by molar-refractivity contribution is 6.34. The molecule has 0 radical (unpaired) electrons. The van der Waals surface area contributed by atoms with Crippen LogP contribution in [0.15, 0.2) is 83.5 Å². The van der Waals surface area contributed by atoms with Gasteiger partial charge in [-0.15, -0.1) is 0 Å². The van der Waals surface area contributed by atoms with Crippen LogP contribution in [0.4, 0.5) is 5.69 Å². The van der Waals surface area contributed by atoms with E-state index in [1.165, 1.54) is 0 Å². The lowest BCUT2D eigenvalue weighted by Crippen LogP contribution is -2.22. The molecule has 5 rings (SSSR count). The van der Waals surface area contributed by atoms with Crippen LogP contribution >= 0.6 is 0 Å². The summed E-state index contributed by atoms with van der Waals surface area (Å²) < 4.78 is 5.99. The Balaban J connectivity index is 1.35. The molecule has 0 unspecified atom stereocenters. The summed E-state index contributed by atoms with van der Waals surface area (Å²) in [6.07, 6.45) is 5.14. The van der Waals surface area contributed by atoms with Gasteiger partial charge in [-0.1, -0.05) is 23.8 Å². The molecule has 33 heavy (non-hydrogen) atoms. The van der Waals surface area contributed by atoms with Crippen molar-refractivity contribution in [1.29, 1.82) is 0 Å². The number of fused-ring (bicyclic) bond motifs is 1. The van der Waals surface area contributed by atoms with Gasteiger partial charge in [-0.2, -0.15) is 0 Å². The molecule has 6 nitrogen and oxygen atoms in total. The van der Waals surface area contributed by atoms with Gasteiger partial charge in [-0.3, -0.25) is 14.6 Å². The van der Waals surface area contributed by atoms with Crippen molar-refractivity contribution in [3.05, 3.63) is 107 Å². The minimum absolute atomic E-state index is 0.151. The van der Waals surface area contributed by atoms with Gasteiger partial charge in [0, 0.05) is 41.3 Å². The summed E-state index contributed by atoms with van der Waals surface area (Å²) in [5, 5.41) is 5.80. The average Bonchev–Trinajstić information content (AvgIpc) is 3.43. The predicted octanol–water partition coefficient (Wildman–Crippen LogP) is 5.07. The maximum absolute atomic E-state index is 12.6. The summed E-state index contributed by atoms with van der Waals surface area (Å²) in [5.74, 6) is 0.865. The second-order valence-corrected chi connectivity index (χ2v) is 7.88. The number of nitrogens with one attached hydrogen (secondary N) is 2. The number of pyridine rings is 1. The van der Waals surface area contributed by atoms with Gasteiger partial charge in [-0.25, -0.2) is 0 Å². The molecule has 3 heterocycles. The van der Waals surface area contributed by atoms with Gasteiger partial charge in [-0.05, 0) is 67.1 Å². The summed E-state index contributed by atoms with van der Waals surface area (Å²) in [4.78, 5) is 29.0. The van der Waals surface area contributed by atoms with E-state index in [-0.39, 0.29) is 11.8 Å². The molecular formula is C27H21N3O3. The first-order valence-electron chi connectivity index (χ1n) is 10.6. The van der Waals surface area contributed by atoms with Gasteiger partial charge in [0.05, 0.1) is 5.57 Å². The van der Waals surface area contributed by atoms with E-state index in [1.54, 1.807) is 30.6 Å². The number of benzene rings is 2. The Morgan fingerprint density at radius 1 is 1.06 bits per heavy atom. The molecule has 0 fully saturated rings. The van der Waals surface area contributed by atoms with Gasteiger partial charge in [0.1, 0.15) is 11.5 Å². The van der Waals surface area contributed by atoms with Crippen molar-refractivity contribution in [1.82, 2.24) is 10.3 Å². The van der Waals surface area contributed by atoms with Crippen LogP contribution in [0.5, 0.6) is 0 Å². The minimum Gasteiger partial charge on any atom is -0.457 e. The van der Waals surface area contributed by atoms with E-state index in [0.717, 1.165) is 27.9 Å². The first-order chi connectivity index (χ1) is 16.1. The van der Waals surface area contributed by atoms with E-state index in [4.69, 9.17) is 4.42 Å². The first-order valence-corrected chi connectivity index (χ1v) is 10.6. The first kappa shape index (κ1) is 20.5. The highest BCUT2D eigenvalue weighted by Crippen LogP contribution is 2.34. The second kappa shape index (κ2) is 8.59. The molecule has 0 aliphatic carbocycles. The molecule has 2 aromatic carbocycles. The number of furan rings is 1. The molecule has 0 saturated carbocycles. The Morgan fingerprint density at radius 2 is 1.91 bits per heavy atom. The molecule has 1 aliphatic rings. The Bertz CT molecular complexity index is 1390. The molecule has 0 saturated heterocycles. The standard InChI is InChI=1S/C27H21N3O3/c1-17-5-7-24-22(13-17)23(27(32)30-24)15-21-6-8-25(33-21)19-3-2-4-20(14-19)26(31)29-16-18-9-11-28-12-10-18/h2-15H,16H2,1H3,(H,29,31)(H,30,32)/b23-15+. The Labute approximate surface area is 191 Å². The number of hydrogen-bond acceptors (Lipinski definition) is 4. The van der Waals surface area contributed by atoms with Crippen molar-refractivity contribution >= 4 is 29.2 Å². The fourth-order valence-corrected chi connectivity index (χ4v) is 3.77. The molecule has 0 bridgehead atoms. The van der Waals surface area contributed by atoms with Crippen LogP contribution in [-0.4, -0.2) is 16.8 Å². The van der Waals surface area contributed by atoms with E-state index in [2.05, 4.69) is 15.6 Å². The molecule has 162 valence electrons. The second-order valence-electron chi connectivity index (χ2n) is 7.88. The summed E-state index contributed by atoms with van der Waals surface area (Å²) in [6.45, 7) is 2.42. The maximum Gasteiger partial charge on any atom is 0.256 e. The number of hydrogen-bond donors (Lipinski definition) is 2. The van der Waals surface area contributed by atoms with Gasteiger partial charge >= 0.3 is 0 Å². The quantitative estimate of drug-likeness (QED) is 0.429. The van der Waals surface area contributed by atoms with Crippen LogP contribution in [0.2, 0.25) is 0 Å². The normalized spacial score (nSPS) is 13.6. The third-order valence-corrected chi connectivity index (χ3v) is 5.48. The molecule has 1 aliphatic heterocycles. The number of amides is 2. The summed E-state index contributed by atoms with van der Waals surface area (Å²) in [7, 11) is 0. The smallest absolute Gasteiger partial charge is 0.256 e. The highest BCUT2D eigenvalue weighted by Gasteiger charge is 2.24. The number of anilines is 1. The Morgan fingerprint density at radius 3 is 2.76 bits per heavy atom. The van der Waals surface area contributed by atoms with E-state index in [0.29, 0.717) is 29.2 Å². The third kappa shape index (κ3) is 4.32. The summed E-state index contributed by atoms with van der Waals surface area (Å²) in [6, 6.07) is 20.5. The number of carbonyl (C=O) groups excluding carboxylic acids is 2. The lowest BCUT2D eigenvalue weighted by Gasteiger charge is -2.06.